The summed E-state index contributed by atoms with van der Waals surface area (Å²) in [6.45, 7) is 4.43. The van der Waals surface area contributed by atoms with Crippen molar-refractivity contribution in [2.75, 3.05) is 0 Å². The normalized spacial score (nSPS) is 14.6. The molecule has 1 aliphatic rings. The minimum Gasteiger partial charge on any atom is -0.370 e. The second kappa shape index (κ2) is 9.11. The highest BCUT2D eigenvalue weighted by Crippen LogP contribution is 2.37. The number of hydrogen-bond acceptors (Lipinski definition) is 5. The van der Waals surface area contributed by atoms with Crippen LogP contribution in [0.4, 0.5) is 0 Å². The van der Waals surface area contributed by atoms with Gasteiger partial charge in [0.15, 0.2) is 0 Å². The van der Waals surface area contributed by atoms with Crippen molar-refractivity contribution >= 4 is 39.1 Å². The molecule has 0 saturated carbocycles. The number of carbonyl (C=O) groups is 1. The van der Waals surface area contributed by atoms with Crippen LogP contribution in [0.25, 0.3) is 15.9 Å². The van der Waals surface area contributed by atoms with E-state index in [0.717, 1.165) is 20.6 Å². The highest BCUT2D eigenvalue weighted by atomic mass is 35.5. The number of carbonyl (C=O) groups excluding carboxylic acids is 1. The highest BCUT2D eigenvalue weighted by Gasteiger charge is 2.32. The van der Waals surface area contributed by atoms with Gasteiger partial charge < -0.3 is 10.1 Å². The predicted molar refractivity (Wildman–Crippen MR) is 138 cm³/mol. The molecule has 0 aliphatic carbocycles. The Morgan fingerprint density at radius 2 is 1.91 bits per heavy atom. The Kier molecular flexibility index (Phi) is 6.13. The summed E-state index contributed by atoms with van der Waals surface area (Å²) in [5.74, 6) is -0.323. The number of aromatic nitrogens is 2. The molecular formula is C26H24ClN3O4S. The van der Waals surface area contributed by atoms with Crippen molar-refractivity contribution in [1.82, 2.24) is 14.5 Å². The first-order valence-electron chi connectivity index (χ1n) is 11.2. The molecule has 9 heteroatoms. The summed E-state index contributed by atoms with van der Waals surface area (Å²) in [5.41, 5.74) is 0.747. The number of nitrogens with zero attached hydrogens (tertiary/aromatic N) is 2. The number of thiophene rings is 1. The van der Waals surface area contributed by atoms with E-state index in [4.69, 9.17) is 16.3 Å². The number of rotatable bonds is 5. The van der Waals surface area contributed by atoms with E-state index in [1.807, 2.05) is 44.2 Å². The number of amides is 1. The third-order valence-corrected chi connectivity index (χ3v) is 7.52. The van der Waals surface area contributed by atoms with Crippen LogP contribution in [-0.4, -0.2) is 20.6 Å². The molecule has 0 atom stereocenters. The average molecular weight is 510 g/mol. The fourth-order valence-corrected chi connectivity index (χ4v) is 5.73. The third kappa shape index (κ3) is 4.57. The minimum atomic E-state index is -0.585. The molecule has 0 saturated heterocycles. The van der Waals surface area contributed by atoms with Crippen molar-refractivity contribution in [3.05, 3.63) is 96.5 Å². The molecule has 1 N–H and O–H groups in total. The van der Waals surface area contributed by atoms with E-state index in [2.05, 4.69) is 5.32 Å². The Balaban J connectivity index is 1.65. The smallest absolute Gasteiger partial charge is 0.337 e. The molecule has 1 amide bonds. The molecule has 180 valence electrons. The SMILES string of the molecule is CC1(C)Cc2c(sc3c2c(=O)n(-c2cccc(Cl)c2)c(=O)n3CC(=O)NCc2ccccc2)CO1. The van der Waals surface area contributed by atoms with Gasteiger partial charge in [0.25, 0.3) is 5.56 Å². The fourth-order valence-electron chi connectivity index (χ4n) is 4.33. The number of ether oxygens (including phenoxy) is 1. The summed E-state index contributed by atoms with van der Waals surface area (Å²) in [7, 11) is 0. The van der Waals surface area contributed by atoms with Crippen molar-refractivity contribution in [1.29, 1.82) is 0 Å². The van der Waals surface area contributed by atoms with Crippen LogP contribution >= 0.6 is 22.9 Å². The van der Waals surface area contributed by atoms with E-state index < -0.39 is 16.9 Å². The van der Waals surface area contributed by atoms with E-state index in [9.17, 15) is 14.4 Å². The van der Waals surface area contributed by atoms with Crippen LogP contribution in [0.5, 0.6) is 0 Å². The van der Waals surface area contributed by atoms with Gasteiger partial charge >= 0.3 is 5.69 Å². The molecule has 5 rings (SSSR count). The summed E-state index contributed by atoms with van der Waals surface area (Å²) in [6.07, 6.45) is 0.533. The van der Waals surface area contributed by atoms with Gasteiger partial charge in [0.2, 0.25) is 5.91 Å². The standard InChI is InChI=1S/C26H24ClN3O4S/c1-26(2)12-19-20(15-34-26)35-24-22(19)23(32)30(18-10-6-9-17(27)11-18)25(33)29(24)14-21(31)28-13-16-7-4-3-5-8-16/h3-11H,12-15H2,1-2H3,(H,28,31). The van der Waals surface area contributed by atoms with Crippen LogP contribution in [0.3, 0.4) is 0 Å². The summed E-state index contributed by atoms with van der Waals surface area (Å²) in [6, 6.07) is 16.1. The largest absolute Gasteiger partial charge is 0.370 e. The second-order valence-corrected chi connectivity index (χ2v) is 10.7. The zero-order valence-electron chi connectivity index (χ0n) is 19.3. The first-order chi connectivity index (χ1) is 16.7. The highest BCUT2D eigenvalue weighted by molar-refractivity contribution is 7.18. The van der Waals surface area contributed by atoms with E-state index in [0.29, 0.717) is 40.5 Å². The van der Waals surface area contributed by atoms with Gasteiger partial charge in [-0.1, -0.05) is 48.0 Å². The molecule has 3 heterocycles. The number of nitrogens with one attached hydrogen (secondary N) is 1. The van der Waals surface area contributed by atoms with Crippen LogP contribution in [-0.2, 0) is 35.6 Å². The first-order valence-corrected chi connectivity index (χ1v) is 12.4. The van der Waals surface area contributed by atoms with Crippen LogP contribution < -0.4 is 16.6 Å². The molecule has 4 aromatic rings. The lowest BCUT2D eigenvalue weighted by molar-refractivity contribution is -0.121. The summed E-state index contributed by atoms with van der Waals surface area (Å²) >= 11 is 7.51. The van der Waals surface area contributed by atoms with Crippen LogP contribution in [0, 0.1) is 0 Å². The molecular weight excluding hydrogens is 486 g/mol. The van der Waals surface area contributed by atoms with Crippen molar-refractivity contribution < 1.29 is 9.53 Å². The molecule has 0 spiro atoms. The lowest BCUT2D eigenvalue weighted by atomic mass is 9.94. The van der Waals surface area contributed by atoms with Crippen molar-refractivity contribution in [3.63, 3.8) is 0 Å². The number of benzene rings is 2. The zero-order chi connectivity index (χ0) is 24.7. The first kappa shape index (κ1) is 23.5. The van der Waals surface area contributed by atoms with Gasteiger partial charge in [0.05, 0.1) is 23.3 Å². The van der Waals surface area contributed by atoms with Gasteiger partial charge in [0, 0.05) is 22.9 Å². The maximum absolute atomic E-state index is 13.7. The van der Waals surface area contributed by atoms with E-state index in [-0.39, 0.29) is 12.5 Å². The Hall–Kier alpha value is -3.20. The molecule has 2 aromatic heterocycles. The van der Waals surface area contributed by atoms with Crippen molar-refractivity contribution in [3.8, 4) is 5.69 Å². The van der Waals surface area contributed by atoms with Gasteiger partial charge in [-0.15, -0.1) is 11.3 Å². The monoisotopic (exact) mass is 509 g/mol. The summed E-state index contributed by atoms with van der Waals surface area (Å²) in [4.78, 5) is 41.7. The fraction of sp³-hybridized carbons (Fsp3) is 0.269. The quantitative estimate of drug-likeness (QED) is 0.440. The average Bonchev–Trinajstić information content (AvgIpc) is 3.19. The Morgan fingerprint density at radius 3 is 2.66 bits per heavy atom. The zero-order valence-corrected chi connectivity index (χ0v) is 20.9. The molecule has 0 fully saturated rings. The predicted octanol–water partition coefficient (Wildman–Crippen LogP) is 4.04. The van der Waals surface area contributed by atoms with E-state index in [1.165, 1.54) is 15.9 Å². The van der Waals surface area contributed by atoms with Crippen LogP contribution in [0.1, 0.15) is 29.9 Å². The number of hydrogen-bond donors (Lipinski definition) is 1. The molecule has 0 radical (unpaired) electrons. The van der Waals surface area contributed by atoms with Gasteiger partial charge in [0.1, 0.15) is 11.4 Å². The maximum Gasteiger partial charge on any atom is 0.337 e. The van der Waals surface area contributed by atoms with Crippen molar-refractivity contribution in [2.45, 2.75) is 45.6 Å². The van der Waals surface area contributed by atoms with Gasteiger partial charge in [-0.2, -0.15) is 0 Å². The minimum absolute atomic E-state index is 0.216. The lowest BCUT2D eigenvalue weighted by Crippen LogP contribution is -2.41. The molecule has 2 aromatic carbocycles. The van der Waals surface area contributed by atoms with Crippen molar-refractivity contribution in [2.24, 2.45) is 0 Å². The van der Waals surface area contributed by atoms with E-state index >= 15 is 0 Å². The number of halogens is 1. The molecule has 0 bridgehead atoms. The maximum atomic E-state index is 13.7. The lowest BCUT2D eigenvalue weighted by Gasteiger charge is -2.29. The Bertz CT molecular complexity index is 1550. The van der Waals surface area contributed by atoms with E-state index in [1.54, 1.807) is 24.3 Å². The van der Waals surface area contributed by atoms with Gasteiger partial charge in [-0.3, -0.25) is 14.2 Å². The molecule has 35 heavy (non-hydrogen) atoms. The summed E-state index contributed by atoms with van der Waals surface area (Å²) < 4.78 is 8.44. The van der Waals surface area contributed by atoms with Gasteiger partial charge in [-0.05, 0) is 43.2 Å². The van der Waals surface area contributed by atoms with Crippen LogP contribution in [0.15, 0.2) is 64.2 Å². The Labute approximate surface area is 210 Å². The molecule has 1 aliphatic heterocycles. The Morgan fingerprint density at radius 1 is 1.14 bits per heavy atom. The van der Waals surface area contributed by atoms with Crippen LogP contribution in [0.2, 0.25) is 5.02 Å². The molecule has 7 nitrogen and oxygen atoms in total. The van der Waals surface area contributed by atoms with Gasteiger partial charge in [-0.25, -0.2) is 9.36 Å². The number of fused-ring (bicyclic) bond motifs is 3. The summed E-state index contributed by atoms with van der Waals surface area (Å²) in [5, 5.41) is 3.73. The topological polar surface area (TPSA) is 82.3 Å². The molecule has 0 unspecified atom stereocenters. The second-order valence-electron chi connectivity index (χ2n) is 9.16. The third-order valence-electron chi connectivity index (χ3n) is 6.05.